The first kappa shape index (κ1) is 18.5. The minimum atomic E-state index is -0.419. The Morgan fingerprint density at radius 3 is 2.80 bits per heavy atom. The molecule has 134 valence electrons. The van der Waals surface area contributed by atoms with Crippen LogP contribution < -0.4 is 0 Å². The highest BCUT2D eigenvalue weighted by Gasteiger charge is 2.29. The van der Waals surface area contributed by atoms with E-state index in [1.807, 2.05) is 0 Å². The van der Waals surface area contributed by atoms with Gasteiger partial charge in [-0.25, -0.2) is 4.39 Å². The fourth-order valence-corrected chi connectivity index (χ4v) is 4.98. The summed E-state index contributed by atoms with van der Waals surface area (Å²) in [6, 6.07) is 1.44. The second-order valence-corrected chi connectivity index (χ2v) is 8.71. The maximum atomic E-state index is 13.9. The number of pyridine rings is 1. The van der Waals surface area contributed by atoms with Crippen LogP contribution in [0.3, 0.4) is 0 Å². The van der Waals surface area contributed by atoms with E-state index in [-0.39, 0.29) is 17.8 Å². The minimum Gasteiger partial charge on any atom is -0.312 e. The summed E-state index contributed by atoms with van der Waals surface area (Å²) in [5.74, 6) is -0.397. The van der Waals surface area contributed by atoms with Gasteiger partial charge in [0.05, 0.1) is 11.9 Å². The van der Waals surface area contributed by atoms with Crippen LogP contribution in [0.5, 0.6) is 0 Å². The molecule has 0 unspecified atom stereocenters. The zero-order valence-electron chi connectivity index (χ0n) is 14.7. The first-order valence-electron chi connectivity index (χ1n) is 8.39. The molecule has 0 bridgehead atoms. The normalized spacial score (nSPS) is 16.4. The SMILES string of the molecule is CC(=O)c1c(-c2cc(F)cnc2COS)sc2c1CCC(C)(C)CC2. The molecular formula is C19H22FNO2S2. The number of rotatable bonds is 4. The Hall–Kier alpha value is -1.24. The summed E-state index contributed by atoms with van der Waals surface area (Å²) in [7, 11) is 0. The van der Waals surface area contributed by atoms with Crippen LogP contribution in [0, 0.1) is 11.2 Å². The van der Waals surface area contributed by atoms with Gasteiger partial charge in [0.15, 0.2) is 5.78 Å². The van der Waals surface area contributed by atoms with Gasteiger partial charge in [-0.3, -0.25) is 9.78 Å². The molecule has 0 radical (unpaired) electrons. The largest absolute Gasteiger partial charge is 0.312 e. The van der Waals surface area contributed by atoms with Crippen molar-refractivity contribution in [3.05, 3.63) is 39.8 Å². The van der Waals surface area contributed by atoms with Crippen molar-refractivity contribution in [1.82, 2.24) is 4.98 Å². The van der Waals surface area contributed by atoms with Crippen LogP contribution in [0.2, 0.25) is 0 Å². The van der Waals surface area contributed by atoms with Crippen molar-refractivity contribution in [2.45, 2.75) is 53.1 Å². The Bertz CT molecular complexity index is 814. The molecule has 1 aliphatic carbocycles. The van der Waals surface area contributed by atoms with Gasteiger partial charge in [-0.05, 0) is 62.6 Å². The first-order valence-corrected chi connectivity index (χ1v) is 9.57. The number of Topliss-reactive ketones (excluding diaryl/α,β-unsaturated/α-hetero) is 1. The number of thiol groups is 1. The van der Waals surface area contributed by atoms with Crippen molar-refractivity contribution >= 4 is 30.0 Å². The Morgan fingerprint density at radius 2 is 2.12 bits per heavy atom. The molecule has 2 aromatic heterocycles. The summed E-state index contributed by atoms with van der Waals surface area (Å²) < 4.78 is 18.8. The first-order chi connectivity index (χ1) is 11.8. The van der Waals surface area contributed by atoms with Gasteiger partial charge in [0, 0.05) is 20.9 Å². The van der Waals surface area contributed by atoms with Crippen molar-refractivity contribution in [2.24, 2.45) is 5.41 Å². The fourth-order valence-electron chi connectivity index (χ4n) is 3.42. The number of hydrogen-bond donors (Lipinski definition) is 1. The lowest BCUT2D eigenvalue weighted by Gasteiger charge is -2.21. The lowest BCUT2D eigenvalue weighted by molar-refractivity contribution is 0.101. The number of carbonyl (C=O) groups is 1. The number of carbonyl (C=O) groups excluding carboxylic acids is 1. The van der Waals surface area contributed by atoms with Crippen LogP contribution in [0.4, 0.5) is 4.39 Å². The van der Waals surface area contributed by atoms with Gasteiger partial charge < -0.3 is 4.18 Å². The molecular weight excluding hydrogens is 357 g/mol. The molecule has 0 fully saturated rings. The Kier molecular flexibility index (Phi) is 5.32. The van der Waals surface area contributed by atoms with Crippen LogP contribution in [0.15, 0.2) is 12.3 Å². The Morgan fingerprint density at radius 1 is 1.40 bits per heavy atom. The molecule has 0 saturated heterocycles. The number of thiophene rings is 1. The van der Waals surface area contributed by atoms with E-state index in [0.29, 0.717) is 11.3 Å². The van der Waals surface area contributed by atoms with Gasteiger partial charge in [-0.2, -0.15) is 0 Å². The van der Waals surface area contributed by atoms with E-state index >= 15 is 0 Å². The van der Waals surface area contributed by atoms with Crippen LogP contribution in [0.1, 0.15) is 60.1 Å². The number of hydrogen-bond acceptors (Lipinski definition) is 5. The molecule has 0 amide bonds. The molecule has 3 rings (SSSR count). The number of ketones is 1. The number of aryl methyl sites for hydroxylation is 1. The number of nitrogens with zero attached hydrogens (tertiary/aromatic N) is 1. The van der Waals surface area contributed by atoms with Crippen LogP contribution in [-0.2, 0) is 23.6 Å². The van der Waals surface area contributed by atoms with Crippen molar-refractivity contribution in [3.8, 4) is 10.4 Å². The summed E-state index contributed by atoms with van der Waals surface area (Å²) in [5.41, 5.74) is 3.37. The van der Waals surface area contributed by atoms with Gasteiger partial charge >= 0.3 is 0 Å². The van der Waals surface area contributed by atoms with E-state index in [9.17, 15) is 9.18 Å². The van der Waals surface area contributed by atoms with Crippen LogP contribution >= 0.6 is 24.2 Å². The van der Waals surface area contributed by atoms with Crippen molar-refractivity contribution in [2.75, 3.05) is 0 Å². The second kappa shape index (κ2) is 7.17. The van der Waals surface area contributed by atoms with Crippen LogP contribution in [-0.4, -0.2) is 10.8 Å². The minimum absolute atomic E-state index is 0.0224. The van der Waals surface area contributed by atoms with Gasteiger partial charge in [0.1, 0.15) is 12.4 Å². The van der Waals surface area contributed by atoms with E-state index in [0.717, 1.165) is 41.7 Å². The molecule has 25 heavy (non-hydrogen) atoms. The molecule has 0 aromatic carbocycles. The van der Waals surface area contributed by atoms with Crippen molar-refractivity contribution < 1.29 is 13.4 Å². The Balaban J connectivity index is 2.16. The van der Waals surface area contributed by atoms with Gasteiger partial charge in [-0.15, -0.1) is 11.3 Å². The quantitative estimate of drug-likeness (QED) is 0.334. The standard InChI is InChI=1S/C19H22FNO2S2/c1-11(22)17-13-4-6-19(2,3)7-5-16(13)25-18(17)14-8-12(20)9-21-15(14)10-23-24/h8-9,24H,4-7,10H2,1-3H3. The van der Waals surface area contributed by atoms with E-state index in [4.69, 9.17) is 4.18 Å². The lowest BCUT2D eigenvalue weighted by atomic mass is 9.84. The molecule has 2 heterocycles. The second-order valence-electron chi connectivity index (χ2n) is 7.35. The average molecular weight is 380 g/mol. The van der Waals surface area contributed by atoms with E-state index in [1.165, 1.54) is 17.1 Å². The molecule has 0 aliphatic heterocycles. The summed E-state index contributed by atoms with van der Waals surface area (Å²) in [6.07, 6.45) is 5.14. The third kappa shape index (κ3) is 3.81. The zero-order valence-corrected chi connectivity index (χ0v) is 16.4. The monoisotopic (exact) mass is 379 g/mol. The predicted molar refractivity (Wildman–Crippen MR) is 102 cm³/mol. The van der Waals surface area contributed by atoms with Crippen LogP contribution in [0.25, 0.3) is 10.4 Å². The topological polar surface area (TPSA) is 39.2 Å². The molecule has 0 saturated carbocycles. The zero-order chi connectivity index (χ0) is 18.2. The molecule has 0 N–H and O–H groups in total. The molecule has 2 aromatic rings. The lowest BCUT2D eigenvalue weighted by Crippen LogP contribution is -2.11. The fraction of sp³-hybridized carbons (Fsp3) is 0.474. The molecule has 1 aliphatic rings. The molecule has 3 nitrogen and oxygen atoms in total. The van der Waals surface area contributed by atoms with Crippen molar-refractivity contribution in [3.63, 3.8) is 0 Å². The van der Waals surface area contributed by atoms with Gasteiger partial charge in [0.25, 0.3) is 0 Å². The van der Waals surface area contributed by atoms with E-state index < -0.39 is 5.82 Å². The maximum Gasteiger partial charge on any atom is 0.161 e. The smallest absolute Gasteiger partial charge is 0.161 e. The van der Waals surface area contributed by atoms with Gasteiger partial charge in [-0.1, -0.05) is 13.8 Å². The average Bonchev–Trinajstić information content (AvgIpc) is 2.85. The molecule has 0 atom stereocenters. The summed E-state index contributed by atoms with van der Waals surface area (Å²) in [6.45, 7) is 6.29. The molecule has 0 spiro atoms. The molecule has 6 heteroatoms. The predicted octanol–water partition coefficient (Wildman–Crippen LogP) is 5.42. The number of aromatic nitrogens is 1. The summed E-state index contributed by atoms with van der Waals surface area (Å²) >= 11 is 5.39. The van der Waals surface area contributed by atoms with Gasteiger partial charge in [0.2, 0.25) is 0 Å². The van der Waals surface area contributed by atoms with E-state index in [1.54, 1.807) is 18.3 Å². The third-order valence-electron chi connectivity index (χ3n) is 4.91. The summed E-state index contributed by atoms with van der Waals surface area (Å²) in [5, 5.41) is 0. The highest BCUT2D eigenvalue weighted by Crippen LogP contribution is 2.44. The van der Waals surface area contributed by atoms with Crippen molar-refractivity contribution in [1.29, 1.82) is 0 Å². The number of fused-ring (bicyclic) bond motifs is 1. The Labute approximate surface area is 157 Å². The highest BCUT2D eigenvalue weighted by atomic mass is 32.1. The summed E-state index contributed by atoms with van der Waals surface area (Å²) in [4.78, 5) is 18.6. The highest BCUT2D eigenvalue weighted by molar-refractivity contribution is 7.75. The third-order valence-corrected chi connectivity index (χ3v) is 6.36. The van der Waals surface area contributed by atoms with E-state index in [2.05, 4.69) is 31.7 Å². The maximum absolute atomic E-state index is 13.9. The number of halogens is 1.